The van der Waals surface area contributed by atoms with E-state index < -0.39 is 24.5 Å². The molecule has 2 aromatic carbocycles. The molecule has 5 nitrogen and oxygen atoms in total. The van der Waals surface area contributed by atoms with Crippen LogP contribution in [-0.4, -0.2) is 36.7 Å². The third-order valence-corrected chi connectivity index (χ3v) is 3.27. The van der Waals surface area contributed by atoms with Crippen molar-refractivity contribution in [2.75, 3.05) is 13.7 Å². The zero-order valence-electron chi connectivity index (χ0n) is 11.7. The molecule has 0 heterocycles. The average Bonchev–Trinajstić information content (AvgIpc) is 2.53. The summed E-state index contributed by atoms with van der Waals surface area (Å²) in [7, 11) is 1.27. The lowest BCUT2D eigenvalue weighted by atomic mass is 9.99. The van der Waals surface area contributed by atoms with Crippen molar-refractivity contribution < 1.29 is 19.4 Å². The van der Waals surface area contributed by atoms with Crippen molar-refractivity contribution >= 4 is 22.6 Å². The van der Waals surface area contributed by atoms with Gasteiger partial charge in [-0.3, -0.25) is 4.79 Å². The molecule has 0 aromatic heterocycles. The molecular weight excluding hydrogens is 270 g/mol. The minimum Gasteiger partial charge on any atom is -0.467 e. The summed E-state index contributed by atoms with van der Waals surface area (Å²) in [5, 5.41) is 13.4. The molecule has 0 unspecified atom stereocenters. The van der Waals surface area contributed by atoms with Crippen molar-refractivity contribution in [3.8, 4) is 0 Å². The van der Waals surface area contributed by atoms with Gasteiger partial charge in [0, 0.05) is 6.42 Å². The summed E-state index contributed by atoms with van der Waals surface area (Å²) in [5.41, 5.74) is 0.932. The molecule has 0 spiro atoms. The van der Waals surface area contributed by atoms with Gasteiger partial charge in [0.2, 0.25) is 5.91 Å². The van der Waals surface area contributed by atoms with Gasteiger partial charge in [0.15, 0.2) is 0 Å². The number of carbonyl (C=O) groups excluding carboxylic acids is 2. The van der Waals surface area contributed by atoms with E-state index in [9.17, 15) is 9.59 Å². The minimum absolute atomic E-state index is 0.305. The zero-order valence-corrected chi connectivity index (χ0v) is 11.7. The molecule has 0 aliphatic carbocycles. The Morgan fingerprint density at radius 1 is 1.19 bits per heavy atom. The van der Waals surface area contributed by atoms with Crippen LogP contribution < -0.4 is 5.32 Å². The monoisotopic (exact) mass is 287 g/mol. The topological polar surface area (TPSA) is 75.6 Å². The van der Waals surface area contributed by atoms with Crippen LogP contribution in [0.2, 0.25) is 0 Å². The largest absolute Gasteiger partial charge is 0.467 e. The molecule has 110 valence electrons. The molecular formula is C16H17NO4. The molecule has 1 amide bonds. The van der Waals surface area contributed by atoms with E-state index in [1.165, 1.54) is 7.11 Å². The number of amides is 1. The molecule has 0 aliphatic rings. The normalized spacial score (nSPS) is 11.9. The minimum atomic E-state index is -0.819. The first-order chi connectivity index (χ1) is 10.2. The van der Waals surface area contributed by atoms with Crippen molar-refractivity contribution in [1.29, 1.82) is 0 Å². The SMILES string of the molecule is COC(=O)[C@H](Cc1cccc2ccccc12)NC(=O)CO. The zero-order chi connectivity index (χ0) is 15.2. The second-order valence-electron chi connectivity index (χ2n) is 4.64. The summed E-state index contributed by atoms with van der Waals surface area (Å²) in [5.74, 6) is -1.14. The van der Waals surface area contributed by atoms with Gasteiger partial charge in [-0.1, -0.05) is 42.5 Å². The first-order valence-corrected chi connectivity index (χ1v) is 6.60. The van der Waals surface area contributed by atoms with Crippen LogP contribution >= 0.6 is 0 Å². The van der Waals surface area contributed by atoms with Gasteiger partial charge in [-0.2, -0.15) is 0 Å². The fourth-order valence-electron chi connectivity index (χ4n) is 2.27. The second-order valence-corrected chi connectivity index (χ2v) is 4.64. The van der Waals surface area contributed by atoms with Crippen LogP contribution in [0.3, 0.4) is 0 Å². The Bertz CT molecular complexity index is 648. The predicted octanol–water partition coefficient (Wildman–Crippen LogP) is 1.03. The van der Waals surface area contributed by atoms with Crippen LogP contribution in [0.15, 0.2) is 42.5 Å². The summed E-state index contributed by atoms with van der Waals surface area (Å²) >= 11 is 0. The van der Waals surface area contributed by atoms with Gasteiger partial charge < -0.3 is 15.2 Å². The summed E-state index contributed by atoms with van der Waals surface area (Å²) in [6.07, 6.45) is 0.305. The molecule has 0 saturated heterocycles. The van der Waals surface area contributed by atoms with E-state index in [-0.39, 0.29) is 0 Å². The number of carbonyl (C=O) groups is 2. The molecule has 2 rings (SSSR count). The molecule has 2 aromatic rings. The Morgan fingerprint density at radius 2 is 1.90 bits per heavy atom. The molecule has 0 radical (unpaired) electrons. The van der Waals surface area contributed by atoms with Gasteiger partial charge in [0.1, 0.15) is 12.6 Å². The second kappa shape index (κ2) is 6.85. The number of rotatable bonds is 5. The molecule has 5 heteroatoms. The Balaban J connectivity index is 2.30. The van der Waals surface area contributed by atoms with Crippen LogP contribution in [0.5, 0.6) is 0 Å². The number of hydrogen-bond donors (Lipinski definition) is 2. The maximum Gasteiger partial charge on any atom is 0.328 e. The summed E-state index contributed by atoms with van der Waals surface area (Å²) in [4.78, 5) is 23.1. The standard InChI is InChI=1S/C16H17NO4/c1-21-16(20)14(17-15(19)10-18)9-12-7-4-6-11-5-2-3-8-13(11)12/h2-8,14,18H,9-10H2,1H3,(H,17,19)/t14-/m0/s1. The van der Waals surface area contributed by atoms with E-state index in [2.05, 4.69) is 5.32 Å². The first kappa shape index (κ1) is 15.0. The van der Waals surface area contributed by atoms with Gasteiger partial charge in [0.05, 0.1) is 7.11 Å². The van der Waals surface area contributed by atoms with Crippen LogP contribution in [0.4, 0.5) is 0 Å². The number of aliphatic hydroxyl groups is 1. The maximum atomic E-state index is 11.8. The van der Waals surface area contributed by atoms with Crippen molar-refractivity contribution in [2.24, 2.45) is 0 Å². The first-order valence-electron chi connectivity index (χ1n) is 6.60. The van der Waals surface area contributed by atoms with E-state index in [4.69, 9.17) is 9.84 Å². The molecule has 2 N–H and O–H groups in total. The highest BCUT2D eigenvalue weighted by Crippen LogP contribution is 2.20. The average molecular weight is 287 g/mol. The Hall–Kier alpha value is -2.40. The fraction of sp³-hybridized carbons (Fsp3) is 0.250. The van der Waals surface area contributed by atoms with Gasteiger partial charge in [-0.05, 0) is 16.3 Å². The van der Waals surface area contributed by atoms with E-state index in [0.717, 1.165) is 16.3 Å². The lowest BCUT2D eigenvalue weighted by molar-refractivity contribution is -0.145. The predicted molar refractivity (Wildman–Crippen MR) is 78.7 cm³/mol. The number of hydrogen-bond acceptors (Lipinski definition) is 4. The number of ether oxygens (including phenoxy) is 1. The van der Waals surface area contributed by atoms with Crippen LogP contribution in [0.1, 0.15) is 5.56 Å². The number of aliphatic hydroxyl groups excluding tert-OH is 1. The Morgan fingerprint density at radius 3 is 2.62 bits per heavy atom. The van der Waals surface area contributed by atoms with Crippen molar-refractivity contribution in [1.82, 2.24) is 5.32 Å². The number of methoxy groups -OCH3 is 1. The third kappa shape index (κ3) is 3.58. The number of esters is 1. The lowest BCUT2D eigenvalue weighted by Gasteiger charge is -2.17. The molecule has 1 atom stereocenters. The number of benzene rings is 2. The van der Waals surface area contributed by atoms with Crippen LogP contribution in [0, 0.1) is 0 Å². The van der Waals surface area contributed by atoms with Crippen LogP contribution in [-0.2, 0) is 20.7 Å². The Kier molecular flexibility index (Phi) is 4.90. The van der Waals surface area contributed by atoms with E-state index in [0.29, 0.717) is 6.42 Å². The molecule has 0 aliphatic heterocycles. The number of nitrogens with one attached hydrogen (secondary N) is 1. The smallest absolute Gasteiger partial charge is 0.328 e. The van der Waals surface area contributed by atoms with E-state index in [1.54, 1.807) is 0 Å². The van der Waals surface area contributed by atoms with Crippen LogP contribution in [0.25, 0.3) is 10.8 Å². The summed E-state index contributed by atoms with van der Waals surface area (Å²) in [6.45, 7) is -0.664. The van der Waals surface area contributed by atoms with Crippen molar-refractivity contribution in [2.45, 2.75) is 12.5 Å². The molecule has 0 fully saturated rings. The summed E-state index contributed by atoms with van der Waals surface area (Å²) in [6, 6.07) is 12.8. The fourth-order valence-corrected chi connectivity index (χ4v) is 2.27. The molecule has 21 heavy (non-hydrogen) atoms. The molecule has 0 bridgehead atoms. The van der Waals surface area contributed by atoms with Gasteiger partial charge >= 0.3 is 5.97 Å². The summed E-state index contributed by atoms with van der Waals surface area (Å²) < 4.78 is 4.71. The highest BCUT2D eigenvalue weighted by atomic mass is 16.5. The number of fused-ring (bicyclic) bond motifs is 1. The third-order valence-electron chi connectivity index (χ3n) is 3.27. The van der Waals surface area contributed by atoms with Crippen molar-refractivity contribution in [3.05, 3.63) is 48.0 Å². The lowest BCUT2D eigenvalue weighted by Crippen LogP contribution is -2.44. The molecule has 0 saturated carbocycles. The Labute approximate surface area is 122 Å². The quantitative estimate of drug-likeness (QED) is 0.805. The van der Waals surface area contributed by atoms with Crippen molar-refractivity contribution in [3.63, 3.8) is 0 Å². The maximum absolute atomic E-state index is 11.8. The highest BCUT2D eigenvalue weighted by Gasteiger charge is 2.22. The van der Waals surface area contributed by atoms with E-state index >= 15 is 0 Å². The van der Waals surface area contributed by atoms with E-state index in [1.807, 2.05) is 42.5 Å². The van der Waals surface area contributed by atoms with Gasteiger partial charge in [-0.25, -0.2) is 4.79 Å². The van der Waals surface area contributed by atoms with Gasteiger partial charge in [-0.15, -0.1) is 0 Å². The highest BCUT2D eigenvalue weighted by molar-refractivity contribution is 5.88. The van der Waals surface area contributed by atoms with Gasteiger partial charge in [0.25, 0.3) is 0 Å².